The summed E-state index contributed by atoms with van der Waals surface area (Å²) in [5.74, 6) is -2.35. The predicted molar refractivity (Wildman–Crippen MR) is 97.8 cm³/mol. The van der Waals surface area contributed by atoms with E-state index < -0.39 is 60.5 Å². The molecule has 1 N–H and O–H groups in total. The molecule has 0 unspecified atom stereocenters. The van der Waals surface area contributed by atoms with Gasteiger partial charge in [-0.15, -0.1) is 0 Å². The number of aromatic nitrogens is 2. The molecule has 0 fully saturated rings. The average molecular weight is 489 g/mol. The van der Waals surface area contributed by atoms with Crippen molar-refractivity contribution in [3.63, 3.8) is 0 Å². The van der Waals surface area contributed by atoms with Gasteiger partial charge in [0, 0.05) is 19.7 Å². The van der Waals surface area contributed by atoms with E-state index >= 15 is 0 Å². The molecule has 6 nitrogen and oxygen atoms in total. The van der Waals surface area contributed by atoms with Crippen molar-refractivity contribution in [2.45, 2.75) is 42.3 Å². The number of aryl methyl sites for hydroxylation is 1. The first kappa shape index (κ1) is 25.6. The normalized spacial score (nSPS) is 13.3. The predicted octanol–water partition coefficient (Wildman–Crippen LogP) is 3.97. The summed E-state index contributed by atoms with van der Waals surface area (Å²) in [6.45, 7) is 1.98. The molecule has 2 rings (SSSR count). The van der Waals surface area contributed by atoms with E-state index in [2.05, 4.69) is 10.4 Å². The Bertz CT molecular complexity index is 1120. The van der Waals surface area contributed by atoms with Gasteiger partial charge in [-0.3, -0.25) is 9.48 Å². The zero-order chi connectivity index (χ0) is 24.7. The Kier molecular flexibility index (Phi) is 6.70. The Morgan fingerprint density at radius 2 is 1.62 bits per heavy atom. The second-order valence-electron chi connectivity index (χ2n) is 7.48. The van der Waals surface area contributed by atoms with E-state index in [1.807, 2.05) is 0 Å². The minimum Gasteiger partial charge on any atom is -0.351 e. The fraction of sp³-hybridized carbons (Fsp3) is 0.444. The van der Waals surface area contributed by atoms with Crippen LogP contribution in [0.3, 0.4) is 0 Å². The van der Waals surface area contributed by atoms with Crippen molar-refractivity contribution >= 4 is 15.7 Å². The van der Waals surface area contributed by atoms with Crippen LogP contribution in [0.4, 0.5) is 30.7 Å². The van der Waals surface area contributed by atoms with Gasteiger partial charge in [-0.2, -0.15) is 31.4 Å². The van der Waals surface area contributed by atoms with Gasteiger partial charge in [0.2, 0.25) is 0 Å². The van der Waals surface area contributed by atoms with Crippen LogP contribution in [-0.4, -0.2) is 35.4 Å². The van der Waals surface area contributed by atoms with Gasteiger partial charge in [0.1, 0.15) is 11.5 Å². The van der Waals surface area contributed by atoms with Crippen LogP contribution in [0.5, 0.6) is 0 Å². The molecule has 0 radical (unpaired) electrons. The van der Waals surface area contributed by atoms with Crippen molar-refractivity contribution in [2.75, 3.05) is 6.54 Å². The van der Waals surface area contributed by atoms with E-state index in [1.165, 1.54) is 13.8 Å². The summed E-state index contributed by atoms with van der Waals surface area (Å²) in [4.78, 5) is 11.3. The summed E-state index contributed by atoms with van der Waals surface area (Å²) < 4.78 is 115. The Balaban J connectivity index is 2.17. The highest BCUT2D eigenvalue weighted by molar-refractivity contribution is 7.92. The van der Waals surface area contributed by atoms with Crippen LogP contribution >= 0.6 is 0 Å². The van der Waals surface area contributed by atoms with Crippen LogP contribution in [0.2, 0.25) is 0 Å². The van der Waals surface area contributed by atoms with Crippen molar-refractivity contribution < 1.29 is 43.9 Å². The molecule has 1 aromatic carbocycles. The lowest BCUT2D eigenvalue weighted by atomic mass is 10.1. The Hall–Kier alpha value is -2.64. The van der Waals surface area contributed by atoms with Crippen LogP contribution in [0.15, 0.2) is 29.2 Å². The monoisotopic (exact) mass is 489 g/mol. The molecular weight excluding hydrogens is 471 g/mol. The fourth-order valence-electron chi connectivity index (χ4n) is 2.72. The third-order valence-corrected chi connectivity index (χ3v) is 7.17. The maximum absolute atomic E-state index is 13.6. The topological polar surface area (TPSA) is 81.1 Å². The molecule has 0 aliphatic carbocycles. The maximum atomic E-state index is 13.6. The van der Waals surface area contributed by atoms with E-state index in [-0.39, 0.29) is 19.0 Å². The number of hydrogen-bond donors (Lipinski definition) is 1. The second kappa shape index (κ2) is 8.37. The van der Waals surface area contributed by atoms with Crippen molar-refractivity contribution in [2.24, 2.45) is 7.05 Å². The number of nitrogens with zero attached hydrogens (tertiary/aromatic N) is 2. The zero-order valence-corrected chi connectivity index (χ0v) is 17.7. The first-order valence-electron chi connectivity index (χ1n) is 8.88. The van der Waals surface area contributed by atoms with E-state index in [1.54, 1.807) is 0 Å². The first-order valence-corrected chi connectivity index (χ1v) is 10.4. The number of benzene rings is 1. The Morgan fingerprint density at radius 1 is 1.03 bits per heavy atom. The highest BCUT2D eigenvalue weighted by Gasteiger charge is 2.39. The smallest absolute Gasteiger partial charge is 0.351 e. The summed E-state index contributed by atoms with van der Waals surface area (Å²) >= 11 is 0. The molecule has 0 aliphatic heterocycles. The Labute approximate surface area is 178 Å². The van der Waals surface area contributed by atoms with E-state index in [4.69, 9.17) is 0 Å². The third-order valence-electron chi connectivity index (χ3n) is 4.65. The van der Waals surface area contributed by atoms with Crippen LogP contribution < -0.4 is 5.32 Å². The molecule has 2 aromatic rings. The molecule has 1 aromatic heterocycles. The minimum atomic E-state index is -4.97. The molecule has 0 aliphatic rings. The highest BCUT2D eigenvalue weighted by Crippen LogP contribution is 2.35. The number of sulfone groups is 1. The molecule has 1 heterocycles. The molecule has 0 saturated carbocycles. The minimum absolute atomic E-state index is 0.162. The lowest BCUT2D eigenvalue weighted by Gasteiger charge is -2.25. The number of nitrogens with one attached hydrogen (secondary N) is 1. The molecular formula is C18H18F7N3O3S. The van der Waals surface area contributed by atoms with Gasteiger partial charge in [-0.05, 0) is 38.5 Å². The van der Waals surface area contributed by atoms with Gasteiger partial charge < -0.3 is 5.32 Å². The molecule has 1 amide bonds. The molecule has 14 heteroatoms. The SMILES string of the molecule is Cn1nc(C(F)(F)F)cc1C(=O)NCCC(C)(C)S(=O)(=O)c1cc(F)cc(C(F)(F)F)c1. The third kappa shape index (κ3) is 5.40. The van der Waals surface area contributed by atoms with Crippen LogP contribution in [0.1, 0.15) is 42.0 Å². The van der Waals surface area contributed by atoms with Gasteiger partial charge in [-0.25, -0.2) is 12.8 Å². The standard InChI is InChI=1S/C18H18F7N3O3S/c1-16(2,32(30,31)12-7-10(17(20,21)22)6-11(19)8-12)4-5-26-15(29)13-9-14(18(23,24)25)27-28(13)3/h6-9H,4-5H2,1-3H3,(H,26,29). The number of halogens is 7. The van der Waals surface area contributed by atoms with Crippen LogP contribution in [0.25, 0.3) is 0 Å². The average Bonchev–Trinajstić information content (AvgIpc) is 3.02. The van der Waals surface area contributed by atoms with Crippen molar-refractivity contribution in [1.29, 1.82) is 0 Å². The molecule has 0 spiro atoms. The number of alkyl halides is 6. The molecule has 32 heavy (non-hydrogen) atoms. The lowest BCUT2D eigenvalue weighted by molar-refractivity contribution is -0.141. The molecule has 0 bridgehead atoms. The van der Waals surface area contributed by atoms with Gasteiger partial charge in [0.05, 0.1) is 15.2 Å². The van der Waals surface area contributed by atoms with Crippen molar-refractivity contribution in [1.82, 2.24) is 15.1 Å². The maximum Gasteiger partial charge on any atom is 0.435 e. The van der Waals surface area contributed by atoms with Crippen molar-refractivity contribution in [3.8, 4) is 0 Å². The van der Waals surface area contributed by atoms with E-state index in [9.17, 15) is 43.9 Å². The molecule has 178 valence electrons. The first-order chi connectivity index (χ1) is 14.4. The summed E-state index contributed by atoms with van der Waals surface area (Å²) in [5, 5.41) is 5.43. The van der Waals surface area contributed by atoms with E-state index in [0.29, 0.717) is 22.9 Å². The van der Waals surface area contributed by atoms with E-state index in [0.717, 1.165) is 7.05 Å². The highest BCUT2D eigenvalue weighted by atomic mass is 32.2. The van der Waals surface area contributed by atoms with Crippen molar-refractivity contribution in [3.05, 3.63) is 47.0 Å². The second-order valence-corrected chi connectivity index (χ2v) is 10.1. The summed E-state index contributed by atoms with van der Waals surface area (Å²) in [6.07, 6.45) is -10.1. The molecule has 0 atom stereocenters. The quantitative estimate of drug-likeness (QED) is 0.623. The zero-order valence-electron chi connectivity index (χ0n) is 16.9. The van der Waals surface area contributed by atoms with Gasteiger partial charge in [-0.1, -0.05) is 0 Å². The largest absolute Gasteiger partial charge is 0.435 e. The number of carbonyl (C=O) groups excluding carboxylic acids is 1. The Morgan fingerprint density at radius 3 is 2.12 bits per heavy atom. The number of amides is 1. The summed E-state index contributed by atoms with van der Waals surface area (Å²) in [7, 11) is -3.38. The van der Waals surface area contributed by atoms with Gasteiger partial charge >= 0.3 is 12.4 Å². The number of rotatable bonds is 6. The number of carbonyl (C=O) groups is 1. The van der Waals surface area contributed by atoms with Gasteiger partial charge in [0.15, 0.2) is 15.5 Å². The fourth-order valence-corrected chi connectivity index (χ4v) is 4.28. The summed E-state index contributed by atoms with van der Waals surface area (Å²) in [6, 6.07) is 1.45. The lowest BCUT2D eigenvalue weighted by Crippen LogP contribution is -2.37. The molecule has 0 saturated heterocycles. The summed E-state index contributed by atoms with van der Waals surface area (Å²) in [5.41, 5.74) is -3.20. The van der Waals surface area contributed by atoms with Gasteiger partial charge in [0.25, 0.3) is 5.91 Å². The van der Waals surface area contributed by atoms with Crippen LogP contribution in [-0.2, 0) is 29.2 Å². The van der Waals surface area contributed by atoms with Crippen LogP contribution in [0, 0.1) is 5.82 Å². The number of hydrogen-bond acceptors (Lipinski definition) is 4.